The number of halogens is 1. The molecule has 18 heavy (non-hydrogen) atoms. The van der Waals surface area contributed by atoms with Crippen molar-refractivity contribution in [3.63, 3.8) is 0 Å². The van der Waals surface area contributed by atoms with E-state index in [1.54, 1.807) is 0 Å². The first kappa shape index (κ1) is 15.9. The van der Waals surface area contributed by atoms with E-state index < -0.39 is 0 Å². The third-order valence-corrected chi connectivity index (χ3v) is 3.89. The Balaban J connectivity index is 2.70. The average molecular weight is 332 g/mol. The van der Waals surface area contributed by atoms with Crippen LogP contribution in [0.2, 0.25) is 0 Å². The molecule has 1 N–H and O–H groups in total. The van der Waals surface area contributed by atoms with Crippen LogP contribution in [0.15, 0.2) is 22.7 Å². The fraction of sp³-hybridized carbons (Fsp3) is 0.571. The van der Waals surface area contributed by atoms with Crippen molar-refractivity contribution in [2.45, 2.75) is 26.3 Å². The zero-order valence-electron chi connectivity index (χ0n) is 11.3. The van der Waals surface area contributed by atoms with Crippen LogP contribution in [0.5, 0.6) is 5.75 Å². The maximum absolute atomic E-state index is 5.89. The lowest BCUT2D eigenvalue weighted by Gasteiger charge is -2.18. The van der Waals surface area contributed by atoms with Crippen molar-refractivity contribution >= 4 is 27.7 Å². The first-order valence-corrected chi connectivity index (χ1v) is 8.52. The summed E-state index contributed by atoms with van der Waals surface area (Å²) in [6.07, 6.45) is 3.21. The van der Waals surface area contributed by atoms with Crippen LogP contribution in [0.3, 0.4) is 0 Å². The summed E-state index contributed by atoms with van der Waals surface area (Å²) < 4.78 is 6.98. The van der Waals surface area contributed by atoms with Crippen molar-refractivity contribution in [2.24, 2.45) is 0 Å². The maximum atomic E-state index is 5.89. The van der Waals surface area contributed by atoms with Gasteiger partial charge in [0.15, 0.2) is 0 Å². The fourth-order valence-corrected chi connectivity index (χ4v) is 2.58. The summed E-state index contributed by atoms with van der Waals surface area (Å²) in [4.78, 5) is 0. The van der Waals surface area contributed by atoms with Gasteiger partial charge in [0.1, 0.15) is 5.75 Å². The lowest BCUT2D eigenvalue weighted by molar-refractivity contribution is 0.312. The fourth-order valence-electron chi connectivity index (χ4n) is 1.79. The molecule has 0 aliphatic carbocycles. The summed E-state index contributed by atoms with van der Waals surface area (Å²) in [7, 11) is 0. The highest BCUT2D eigenvalue weighted by atomic mass is 79.9. The maximum Gasteiger partial charge on any atom is 0.124 e. The molecule has 0 aliphatic rings. The van der Waals surface area contributed by atoms with Crippen molar-refractivity contribution < 1.29 is 4.74 Å². The van der Waals surface area contributed by atoms with Gasteiger partial charge in [0, 0.05) is 16.1 Å². The van der Waals surface area contributed by atoms with E-state index in [1.807, 2.05) is 23.9 Å². The molecule has 0 heterocycles. The van der Waals surface area contributed by atoms with Gasteiger partial charge >= 0.3 is 0 Å². The van der Waals surface area contributed by atoms with E-state index in [9.17, 15) is 0 Å². The summed E-state index contributed by atoms with van der Waals surface area (Å²) in [5.74, 6) is 2.14. The Morgan fingerprint density at radius 3 is 2.89 bits per heavy atom. The number of hydrogen-bond acceptors (Lipinski definition) is 3. The van der Waals surface area contributed by atoms with Gasteiger partial charge in [-0.3, -0.25) is 0 Å². The van der Waals surface area contributed by atoms with Crippen LogP contribution in [0, 0.1) is 0 Å². The molecular formula is C14H22BrNOS. The van der Waals surface area contributed by atoms with E-state index in [1.165, 1.54) is 5.56 Å². The molecule has 0 saturated heterocycles. The molecule has 0 saturated carbocycles. The Kier molecular flexibility index (Phi) is 7.79. The van der Waals surface area contributed by atoms with Crippen LogP contribution in [0.25, 0.3) is 0 Å². The van der Waals surface area contributed by atoms with Crippen molar-refractivity contribution in [3.05, 3.63) is 28.2 Å². The minimum Gasteiger partial charge on any atom is -0.493 e. The number of nitrogens with one attached hydrogen (secondary N) is 1. The van der Waals surface area contributed by atoms with Crippen molar-refractivity contribution in [2.75, 3.05) is 25.2 Å². The first-order chi connectivity index (χ1) is 8.69. The molecule has 0 spiro atoms. The van der Waals surface area contributed by atoms with Gasteiger partial charge < -0.3 is 10.1 Å². The number of benzene rings is 1. The van der Waals surface area contributed by atoms with Gasteiger partial charge in [0.2, 0.25) is 0 Å². The number of ether oxygens (including phenoxy) is 1. The molecule has 1 rings (SSSR count). The standard InChI is InChI=1S/C14H22BrNOS/c1-4-16-11(2)13-10-12(15)6-7-14(13)17-8-5-9-18-3/h6-7,10-11,16H,4-5,8-9H2,1-3H3. The normalized spacial score (nSPS) is 12.4. The second kappa shape index (κ2) is 8.83. The van der Waals surface area contributed by atoms with Gasteiger partial charge in [-0.25, -0.2) is 0 Å². The van der Waals surface area contributed by atoms with E-state index in [0.29, 0.717) is 6.04 Å². The predicted octanol–water partition coefficient (Wildman–Crippen LogP) is 4.25. The molecule has 0 radical (unpaired) electrons. The summed E-state index contributed by atoms with van der Waals surface area (Å²) >= 11 is 5.38. The molecule has 0 amide bonds. The van der Waals surface area contributed by atoms with Gasteiger partial charge in [-0.2, -0.15) is 11.8 Å². The van der Waals surface area contributed by atoms with Gasteiger partial charge in [-0.05, 0) is 50.1 Å². The van der Waals surface area contributed by atoms with Crippen LogP contribution in [0.1, 0.15) is 31.9 Å². The lowest BCUT2D eigenvalue weighted by Crippen LogP contribution is -2.18. The predicted molar refractivity (Wildman–Crippen MR) is 84.7 cm³/mol. The second-order valence-electron chi connectivity index (χ2n) is 4.16. The van der Waals surface area contributed by atoms with Crippen LogP contribution in [0.4, 0.5) is 0 Å². The minimum absolute atomic E-state index is 0.308. The lowest BCUT2D eigenvalue weighted by atomic mass is 10.1. The summed E-state index contributed by atoms with van der Waals surface area (Å²) in [5.41, 5.74) is 1.22. The highest BCUT2D eigenvalue weighted by Gasteiger charge is 2.11. The van der Waals surface area contributed by atoms with Crippen LogP contribution in [-0.2, 0) is 0 Å². The molecule has 0 aliphatic heterocycles. The summed E-state index contributed by atoms with van der Waals surface area (Å²) in [5, 5.41) is 3.43. The zero-order valence-corrected chi connectivity index (χ0v) is 13.7. The molecule has 0 fully saturated rings. The highest BCUT2D eigenvalue weighted by Crippen LogP contribution is 2.28. The van der Waals surface area contributed by atoms with Crippen LogP contribution < -0.4 is 10.1 Å². The van der Waals surface area contributed by atoms with E-state index in [4.69, 9.17) is 4.74 Å². The molecule has 2 nitrogen and oxygen atoms in total. The number of rotatable bonds is 8. The van der Waals surface area contributed by atoms with Gasteiger partial charge in [-0.15, -0.1) is 0 Å². The van der Waals surface area contributed by atoms with Crippen molar-refractivity contribution in [1.82, 2.24) is 5.32 Å². The van der Waals surface area contributed by atoms with Gasteiger partial charge in [-0.1, -0.05) is 22.9 Å². The Bertz CT molecular complexity index is 360. The molecule has 1 aromatic rings. The molecule has 1 aromatic carbocycles. The van der Waals surface area contributed by atoms with E-state index >= 15 is 0 Å². The van der Waals surface area contributed by atoms with E-state index in [2.05, 4.69) is 47.4 Å². The zero-order chi connectivity index (χ0) is 13.4. The third kappa shape index (κ3) is 5.21. The quantitative estimate of drug-likeness (QED) is 0.719. The van der Waals surface area contributed by atoms with Crippen LogP contribution in [-0.4, -0.2) is 25.2 Å². The summed E-state index contributed by atoms with van der Waals surface area (Å²) in [6.45, 7) is 6.03. The molecule has 1 atom stereocenters. The Morgan fingerprint density at radius 1 is 1.44 bits per heavy atom. The molecule has 0 aromatic heterocycles. The molecular weight excluding hydrogens is 310 g/mol. The first-order valence-electron chi connectivity index (χ1n) is 6.33. The number of thioether (sulfide) groups is 1. The Morgan fingerprint density at radius 2 is 2.22 bits per heavy atom. The molecule has 1 unspecified atom stereocenters. The van der Waals surface area contributed by atoms with Crippen molar-refractivity contribution in [1.29, 1.82) is 0 Å². The highest BCUT2D eigenvalue weighted by molar-refractivity contribution is 9.10. The minimum atomic E-state index is 0.308. The summed E-state index contributed by atoms with van der Waals surface area (Å²) in [6, 6.07) is 6.53. The second-order valence-corrected chi connectivity index (χ2v) is 6.06. The average Bonchev–Trinajstić information content (AvgIpc) is 2.36. The third-order valence-electron chi connectivity index (χ3n) is 2.70. The smallest absolute Gasteiger partial charge is 0.124 e. The molecule has 4 heteroatoms. The SMILES string of the molecule is CCNC(C)c1cc(Br)ccc1OCCCSC. The van der Waals surface area contributed by atoms with Crippen molar-refractivity contribution in [3.8, 4) is 5.75 Å². The number of hydrogen-bond donors (Lipinski definition) is 1. The van der Waals surface area contributed by atoms with Gasteiger partial charge in [0.25, 0.3) is 0 Å². The van der Waals surface area contributed by atoms with E-state index in [0.717, 1.165) is 35.5 Å². The monoisotopic (exact) mass is 331 g/mol. The van der Waals surface area contributed by atoms with Crippen LogP contribution >= 0.6 is 27.7 Å². The largest absolute Gasteiger partial charge is 0.493 e. The van der Waals surface area contributed by atoms with E-state index in [-0.39, 0.29) is 0 Å². The Hall–Kier alpha value is -0.190. The Labute approximate surface area is 123 Å². The topological polar surface area (TPSA) is 21.3 Å². The molecule has 0 bridgehead atoms. The van der Waals surface area contributed by atoms with Gasteiger partial charge in [0.05, 0.1) is 6.61 Å². The molecule has 102 valence electrons.